The van der Waals surface area contributed by atoms with Gasteiger partial charge in [-0.3, -0.25) is 4.68 Å². The maximum absolute atomic E-state index is 4.44. The number of nitrogens with one attached hydrogen (secondary N) is 1. The molecule has 1 unspecified atom stereocenters. The second-order valence-electron chi connectivity index (χ2n) is 4.57. The van der Waals surface area contributed by atoms with Crippen LogP contribution in [0.4, 0.5) is 0 Å². The van der Waals surface area contributed by atoms with Crippen molar-refractivity contribution in [1.82, 2.24) is 15.1 Å². The Morgan fingerprint density at radius 1 is 1.50 bits per heavy atom. The minimum absolute atomic E-state index is 0.408. The van der Waals surface area contributed by atoms with Crippen LogP contribution in [-0.2, 0) is 13.5 Å². The van der Waals surface area contributed by atoms with Gasteiger partial charge in [-0.05, 0) is 37.8 Å². The Morgan fingerprint density at radius 3 is 2.89 bits per heavy atom. The van der Waals surface area contributed by atoms with Gasteiger partial charge in [-0.2, -0.15) is 5.10 Å². The topological polar surface area (TPSA) is 29.9 Å². The highest BCUT2D eigenvalue weighted by Gasteiger charge is 2.15. The van der Waals surface area contributed by atoms with E-state index in [1.807, 2.05) is 23.1 Å². The number of thiophene rings is 1. The van der Waals surface area contributed by atoms with E-state index < -0.39 is 0 Å². The Morgan fingerprint density at radius 2 is 2.33 bits per heavy atom. The summed E-state index contributed by atoms with van der Waals surface area (Å²) in [4.78, 5) is 1.46. The molecule has 1 atom stereocenters. The van der Waals surface area contributed by atoms with Gasteiger partial charge in [-0.15, -0.1) is 11.3 Å². The van der Waals surface area contributed by atoms with Crippen LogP contribution in [0.1, 0.15) is 35.5 Å². The van der Waals surface area contributed by atoms with E-state index in [9.17, 15) is 0 Å². The van der Waals surface area contributed by atoms with Crippen molar-refractivity contribution >= 4 is 11.3 Å². The standard InChI is InChI=1S/C14H21N3S/c1-4-15-14(8-7-12-6-5-9-18-12)13-10-17(3)16-11(13)2/h5-6,9-10,14-15H,4,7-8H2,1-3H3. The summed E-state index contributed by atoms with van der Waals surface area (Å²) in [7, 11) is 1.98. The zero-order valence-electron chi connectivity index (χ0n) is 11.3. The van der Waals surface area contributed by atoms with Crippen molar-refractivity contribution in [1.29, 1.82) is 0 Å². The molecule has 0 saturated heterocycles. The Kier molecular flexibility index (Phi) is 4.55. The zero-order chi connectivity index (χ0) is 13.0. The molecule has 0 aliphatic heterocycles. The van der Waals surface area contributed by atoms with Crippen molar-refractivity contribution in [3.63, 3.8) is 0 Å². The van der Waals surface area contributed by atoms with E-state index in [-0.39, 0.29) is 0 Å². The third-order valence-electron chi connectivity index (χ3n) is 3.14. The molecule has 0 aliphatic rings. The molecule has 4 heteroatoms. The largest absolute Gasteiger partial charge is 0.310 e. The monoisotopic (exact) mass is 263 g/mol. The second kappa shape index (κ2) is 6.16. The smallest absolute Gasteiger partial charge is 0.0641 e. The normalized spacial score (nSPS) is 12.8. The highest BCUT2D eigenvalue weighted by atomic mass is 32.1. The molecular weight excluding hydrogens is 242 g/mol. The first-order valence-electron chi connectivity index (χ1n) is 6.46. The fraction of sp³-hybridized carbons (Fsp3) is 0.500. The molecule has 18 heavy (non-hydrogen) atoms. The molecule has 0 aromatic carbocycles. The van der Waals surface area contributed by atoms with Crippen molar-refractivity contribution in [2.24, 2.45) is 7.05 Å². The average Bonchev–Trinajstić information content (AvgIpc) is 2.94. The molecule has 0 bridgehead atoms. The summed E-state index contributed by atoms with van der Waals surface area (Å²) < 4.78 is 1.90. The first-order chi connectivity index (χ1) is 8.70. The fourth-order valence-corrected chi connectivity index (χ4v) is 3.04. The van der Waals surface area contributed by atoms with Gasteiger partial charge in [-0.1, -0.05) is 13.0 Å². The van der Waals surface area contributed by atoms with E-state index in [1.54, 1.807) is 0 Å². The summed E-state index contributed by atoms with van der Waals surface area (Å²) in [6.07, 6.45) is 4.39. The minimum atomic E-state index is 0.408. The van der Waals surface area contributed by atoms with Crippen molar-refractivity contribution in [2.75, 3.05) is 6.54 Å². The lowest BCUT2D eigenvalue weighted by molar-refractivity contribution is 0.514. The first-order valence-corrected chi connectivity index (χ1v) is 7.34. The van der Waals surface area contributed by atoms with Gasteiger partial charge in [0.2, 0.25) is 0 Å². The van der Waals surface area contributed by atoms with E-state index in [0.29, 0.717) is 6.04 Å². The summed E-state index contributed by atoms with van der Waals surface area (Å²) >= 11 is 1.84. The van der Waals surface area contributed by atoms with Crippen LogP contribution in [0.25, 0.3) is 0 Å². The van der Waals surface area contributed by atoms with E-state index >= 15 is 0 Å². The predicted octanol–water partition coefficient (Wildman–Crippen LogP) is 3.07. The van der Waals surface area contributed by atoms with Gasteiger partial charge in [0, 0.05) is 29.7 Å². The molecule has 0 amide bonds. The van der Waals surface area contributed by atoms with Gasteiger partial charge in [0.05, 0.1) is 5.69 Å². The zero-order valence-corrected chi connectivity index (χ0v) is 12.1. The molecule has 3 nitrogen and oxygen atoms in total. The van der Waals surface area contributed by atoms with Crippen LogP contribution in [0.3, 0.4) is 0 Å². The number of hydrogen-bond donors (Lipinski definition) is 1. The highest BCUT2D eigenvalue weighted by Crippen LogP contribution is 2.23. The summed E-state index contributed by atoms with van der Waals surface area (Å²) in [5.41, 5.74) is 2.46. The third kappa shape index (κ3) is 3.21. The quantitative estimate of drug-likeness (QED) is 0.868. The van der Waals surface area contributed by atoms with E-state index in [4.69, 9.17) is 0 Å². The molecular formula is C14H21N3S. The van der Waals surface area contributed by atoms with Gasteiger partial charge >= 0.3 is 0 Å². The molecule has 0 aliphatic carbocycles. The van der Waals surface area contributed by atoms with E-state index in [0.717, 1.165) is 25.1 Å². The van der Waals surface area contributed by atoms with Gasteiger partial charge in [0.1, 0.15) is 0 Å². The SMILES string of the molecule is CCNC(CCc1cccs1)c1cn(C)nc1C. The van der Waals surface area contributed by atoms with Crippen molar-refractivity contribution in [3.05, 3.63) is 39.8 Å². The maximum atomic E-state index is 4.44. The summed E-state index contributed by atoms with van der Waals surface area (Å²) in [5, 5.41) is 10.2. The Bertz CT molecular complexity index is 473. The predicted molar refractivity (Wildman–Crippen MR) is 77.0 cm³/mol. The molecule has 0 saturated carbocycles. The molecule has 2 aromatic heterocycles. The molecule has 2 heterocycles. The number of aryl methyl sites for hydroxylation is 3. The number of hydrogen-bond acceptors (Lipinski definition) is 3. The van der Waals surface area contributed by atoms with Crippen LogP contribution < -0.4 is 5.32 Å². The Hall–Kier alpha value is -1.13. The molecule has 1 N–H and O–H groups in total. The van der Waals surface area contributed by atoms with Gasteiger partial charge in [0.15, 0.2) is 0 Å². The summed E-state index contributed by atoms with van der Waals surface area (Å²) in [6.45, 7) is 5.23. The number of aromatic nitrogens is 2. The Labute approximate surface area is 113 Å². The van der Waals surface area contributed by atoms with Crippen LogP contribution in [-0.4, -0.2) is 16.3 Å². The molecule has 0 spiro atoms. The third-order valence-corrected chi connectivity index (χ3v) is 4.07. The van der Waals surface area contributed by atoms with E-state index in [2.05, 4.69) is 48.0 Å². The van der Waals surface area contributed by atoms with Crippen LogP contribution in [0, 0.1) is 6.92 Å². The lowest BCUT2D eigenvalue weighted by Crippen LogP contribution is -2.21. The molecule has 0 radical (unpaired) electrons. The number of rotatable bonds is 6. The Balaban J connectivity index is 2.05. The van der Waals surface area contributed by atoms with Crippen LogP contribution in [0.15, 0.2) is 23.7 Å². The lowest BCUT2D eigenvalue weighted by Gasteiger charge is -2.16. The van der Waals surface area contributed by atoms with Gasteiger partial charge in [0.25, 0.3) is 0 Å². The van der Waals surface area contributed by atoms with Crippen molar-refractivity contribution < 1.29 is 0 Å². The fourth-order valence-electron chi connectivity index (χ4n) is 2.32. The molecule has 0 fully saturated rings. The molecule has 2 rings (SSSR count). The highest BCUT2D eigenvalue weighted by molar-refractivity contribution is 7.09. The number of nitrogens with zero attached hydrogens (tertiary/aromatic N) is 2. The summed E-state index contributed by atoms with van der Waals surface area (Å²) in [5.74, 6) is 0. The maximum Gasteiger partial charge on any atom is 0.0641 e. The first kappa shape index (κ1) is 13.3. The van der Waals surface area contributed by atoms with Crippen LogP contribution >= 0.6 is 11.3 Å². The molecule has 2 aromatic rings. The lowest BCUT2D eigenvalue weighted by atomic mass is 10.0. The average molecular weight is 263 g/mol. The minimum Gasteiger partial charge on any atom is -0.310 e. The van der Waals surface area contributed by atoms with Crippen LogP contribution in [0.5, 0.6) is 0 Å². The van der Waals surface area contributed by atoms with Gasteiger partial charge < -0.3 is 5.32 Å². The second-order valence-corrected chi connectivity index (χ2v) is 5.60. The molecule has 98 valence electrons. The van der Waals surface area contributed by atoms with Crippen molar-refractivity contribution in [2.45, 2.75) is 32.7 Å². The van der Waals surface area contributed by atoms with Gasteiger partial charge in [-0.25, -0.2) is 0 Å². The van der Waals surface area contributed by atoms with Crippen molar-refractivity contribution in [3.8, 4) is 0 Å². The summed E-state index contributed by atoms with van der Waals surface area (Å²) in [6, 6.07) is 4.74. The van der Waals surface area contributed by atoms with E-state index in [1.165, 1.54) is 10.4 Å². The van der Waals surface area contributed by atoms with Crippen LogP contribution in [0.2, 0.25) is 0 Å².